The van der Waals surface area contributed by atoms with E-state index in [-0.39, 0.29) is 12.4 Å². The minimum absolute atomic E-state index is 0.0693. The maximum absolute atomic E-state index is 13.6. The van der Waals surface area contributed by atoms with Crippen molar-refractivity contribution in [3.05, 3.63) is 85.4 Å². The number of ether oxygens (including phenoxy) is 1. The van der Waals surface area contributed by atoms with Crippen molar-refractivity contribution in [2.45, 2.75) is 6.61 Å². The Morgan fingerprint density at radius 2 is 2.08 bits per heavy atom. The van der Waals surface area contributed by atoms with Gasteiger partial charge in [0.15, 0.2) is 0 Å². The SMILES string of the molecule is C=c1[nH]oc(=O)c1=Cc1ccc(OCc2ccccc2F)c(Cl)c1. The molecule has 6 heteroatoms. The van der Waals surface area contributed by atoms with Gasteiger partial charge in [0.1, 0.15) is 18.2 Å². The van der Waals surface area contributed by atoms with Crippen molar-refractivity contribution >= 4 is 24.3 Å². The molecule has 1 N–H and O–H groups in total. The number of nitrogens with one attached hydrogen (secondary N) is 1. The van der Waals surface area contributed by atoms with Crippen LogP contribution in [0.5, 0.6) is 5.75 Å². The first-order chi connectivity index (χ1) is 11.5. The molecular formula is C18H13ClFNO3. The molecule has 0 amide bonds. The van der Waals surface area contributed by atoms with Crippen molar-refractivity contribution in [2.75, 3.05) is 0 Å². The average Bonchev–Trinajstić information content (AvgIpc) is 2.87. The first-order valence-corrected chi connectivity index (χ1v) is 7.46. The van der Waals surface area contributed by atoms with Crippen LogP contribution < -0.4 is 20.9 Å². The number of benzene rings is 2. The van der Waals surface area contributed by atoms with Crippen LogP contribution in [0, 0.1) is 5.82 Å². The minimum Gasteiger partial charge on any atom is -0.487 e. The molecule has 0 bridgehead atoms. The highest BCUT2D eigenvalue weighted by Crippen LogP contribution is 2.26. The first-order valence-electron chi connectivity index (χ1n) is 7.08. The molecule has 0 radical (unpaired) electrons. The Hall–Kier alpha value is -2.79. The van der Waals surface area contributed by atoms with E-state index in [9.17, 15) is 9.18 Å². The van der Waals surface area contributed by atoms with Gasteiger partial charge in [-0.25, -0.2) is 14.3 Å². The molecule has 1 heterocycles. The van der Waals surface area contributed by atoms with Gasteiger partial charge in [-0.1, -0.05) is 42.4 Å². The lowest BCUT2D eigenvalue weighted by Crippen LogP contribution is -2.31. The number of hydrogen-bond donors (Lipinski definition) is 1. The number of aromatic nitrogens is 1. The van der Waals surface area contributed by atoms with Gasteiger partial charge in [-0.2, -0.15) is 0 Å². The molecule has 0 saturated carbocycles. The van der Waals surface area contributed by atoms with E-state index in [0.29, 0.717) is 32.5 Å². The Labute approximate surface area is 141 Å². The monoisotopic (exact) mass is 345 g/mol. The summed E-state index contributed by atoms with van der Waals surface area (Å²) in [4.78, 5) is 11.5. The van der Waals surface area contributed by atoms with Gasteiger partial charge in [0.2, 0.25) is 0 Å². The van der Waals surface area contributed by atoms with Crippen molar-refractivity contribution in [1.82, 2.24) is 5.16 Å². The Bertz CT molecular complexity index is 1010. The van der Waals surface area contributed by atoms with Crippen LogP contribution >= 0.6 is 11.6 Å². The topological polar surface area (TPSA) is 55.2 Å². The Morgan fingerprint density at radius 3 is 2.75 bits per heavy atom. The fraction of sp³-hybridized carbons (Fsp3) is 0.0556. The molecular weight excluding hydrogens is 333 g/mol. The van der Waals surface area contributed by atoms with Gasteiger partial charge < -0.3 is 9.26 Å². The zero-order valence-corrected chi connectivity index (χ0v) is 13.3. The van der Waals surface area contributed by atoms with Gasteiger partial charge in [-0.3, -0.25) is 0 Å². The van der Waals surface area contributed by atoms with Crippen LogP contribution in [0.15, 0.2) is 51.8 Å². The van der Waals surface area contributed by atoms with Crippen LogP contribution in [0.3, 0.4) is 0 Å². The number of H-pyrrole nitrogens is 1. The van der Waals surface area contributed by atoms with Crippen LogP contribution in [-0.4, -0.2) is 5.16 Å². The second-order valence-corrected chi connectivity index (χ2v) is 5.51. The average molecular weight is 346 g/mol. The summed E-state index contributed by atoms with van der Waals surface area (Å²) >= 11 is 6.19. The molecule has 4 nitrogen and oxygen atoms in total. The van der Waals surface area contributed by atoms with Crippen molar-refractivity contribution in [3.63, 3.8) is 0 Å². The van der Waals surface area contributed by atoms with E-state index in [1.165, 1.54) is 6.07 Å². The van der Waals surface area contributed by atoms with Gasteiger partial charge >= 0.3 is 5.63 Å². The van der Waals surface area contributed by atoms with Crippen molar-refractivity contribution < 1.29 is 13.7 Å². The summed E-state index contributed by atoms with van der Waals surface area (Å²) in [6.07, 6.45) is 1.61. The highest BCUT2D eigenvalue weighted by atomic mass is 35.5. The highest BCUT2D eigenvalue weighted by Gasteiger charge is 2.06. The lowest BCUT2D eigenvalue weighted by molar-refractivity contribution is 0.300. The molecule has 3 rings (SSSR count). The fourth-order valence-electron chi connectivity index (χ4n) is 2.15. The molecule has 0 fully saturated rings. The van der Waals surface area contributed by atoms with Gasteiger partial charge in [0.25, 0.3) is 0 Å². The second-order valence-electron chi connectivity index (χ2n) is 5.10. The minimum atomic E-state index is -0.504. The van der Waals surface area contributed by atoms with Crippen LogP contribution in [0.2, 0.25) is 5.02 Å². The van der Waals surface area contributed by atoms with Gasteiger partial charge in [0.05, 0.1) is 15.6 Å². The summed E-state index contributed by atoms with van der Waals surface area (Å²) in [5, 5.41) is 3.47. The summed E-state index contributed by atoms with van der Waals surface area (Å²) in [5.41, 5.74) is 0.627. The third-order valence-corrected chi connectivity index (χ3v) is 3.72. The molecule has 2 aromatic carbocycles. The second kappa shape index (κ2) is 6.76. The lowest BCUT2D eigenvalue weighted by atomic mass is 10.2. The van der Waals surface area contributed by atoms with Crippen LogP contribution in [-0.2, 0) is 6.61 Å². The molecule has 0 aliphatic carbocycles. The zero-order chi connectivity index (χ0) is 17.1. The van der Waals surface area contributed by atoms with Crippen molar-refractivity contribution in [3.8, 4) is 5.75 Å². The standard InChI is InChI=1S/C18H13ClFNO3/c1-11-14(18(22)24-21-11)8-12-6-7-17(15(19)9-12)23-10-13-4-2-3-5-16(13)20/h2-9,21H,1,10H2. The number of aromatic amines is 1. The van der Waals surface area contributed by atoms with Gasteiger partial charge in [0, 0.05) is 5.56 Å². The maximum Gasteiger partial charge on any atom is 0.365 e. The van der Waals surface area contributed by atoms with Crippen LogP contribution in [0.1, 0.15) is 11.1 Å². The Kier molecular flexibility index (Phi) is 4.53. The first kappa shape index (κ1) is 16.1. The molecule has 0 saturated heterocycles. The molecule has 24 heavy (non-hydrogen) atoms. The van der Waals surface area contributed by atoms with Crippen molar-refractivity contribution in [2.24, 2.45) is 0 Å². The number of rotatable bonds is 4. The smallest absolute Gasteiger partial charge is 0.365 e. The third-order valence-electron chi connectivity index (χ3n) is 3.42. The molecule has 1 aromatic heterocycles. The molecule has 0 spiro atoms. The largest absolute Gasteiger partial charge is 0.487 e. The van der Waals surface area contributed by atoms with Crippen LogP contribution in [0.25, 0.3) is 12.7 Å². The Balaban J connectivity index is 1.83. The summed E-state index contributed by atoms with van der Waals surface area (Å²) in [6, 6.07) is 11.4. The Morgan fingerprint density at radius 1 is 1.29 bits per heavy atom. The molecule has 122 valence electrons. The van der Waals surface area contributed by atoms with E-state index < -0.39 is 5.63 Å². The predicted octanol–water partition coefficient (Wildman–Crippen LogP) is 2.58. The zero-order valence-electron chi connectivity index (χ0n) is 12.5. The fourth-order valence-corrected chi connectivity index (χ4v) is 2.39. The molecule has 0 atom stereocenters. The normalized spacial score (nSPS) is 11.7. The van der Waals surface area contributed by atoms with Crippen LogP contribution in [0.4, 0.5) is 4.39 Å². The summed E-state index contributed by atoms with van der Waals surface area (Å²) in [7, 11) is 0. The number of hydrogen-bond acceptors (Lipinski definition) is 3. The summed E-state index contributed by atoms with van der Waals surface area (Å²) < 4.78 is 23.8. The van der Waals surface area contributed by atoms with Crippen molar-refractivity contribution in [1.29, 1.82) is 0 Å². The molecule has 0 aliphatic heterocycles. The summed E-state index contributed by atoms with van der Waals surface area (Å²) in [6.45, 7) is 3.74. The lowest BCUT2D eigenvalue weighted by Gasteiger charge is -2.09. The maximum atomic E-state index is 13.6. The van der Waals surface area contributed by atoms with Gasteiger partial charge in [-0.05, 0) is 29.8 Å². The quantitative estimate of drug-likeness (QED) is 0.790. The molecule has 0 unspecified atom stereocenters. The van der Waals surface area contributed by atoms with Gasteiger partial charge in [-0.15, -0.1) is 0 Å². The summed E-state index contributed by atoms with van der Waals surface area (Å²) in [5.74, 6) is 0.0914. The highest BCUT2D eigenvalue weighted by molar-refractivity contribution is 6.32. The van der Waals surface area contributed by atoms with E-state index in [1.807, 2.05) is 0 Å². The van der Waals surface area contributed by atoms with E-state index in [0.717, 1.165) is 0 Å². The predicted molar refractivity (Wildman–Crippen MR) is 89.9 cm³/mol. The van der Waals surface area contributed by atoms with E-state index in [4.69, 9.17) is 16.3 Å². The van der Waals surface area contributed by atoms with E-state index >= 15 is 0 Å². The number of halogens is 2. The third kappa shape index (κ3) is 3.41. The molecule has 0 aliphatic rings. The molecule has 3 aromatic rings. The van der Waals surface area contributed by atoms with E-state index in [2.05, 4.69) is 16.3 Å². The van der Waals surface area contributed by atoms with E-state index in [1.54, 1.807) is 42.5 Å².